The minimum absolute atomic E-state index is 0.00575. The molecular weight excluding hydrogens is 595 g/mol. The molecule has 3 aliphatic carbocycles. The maximum absolute atomic E-state index is 15.4. The van der Waals surface area contributed by atoms with Crippen LogP contribution in [0.4, 0.5) is 19.0 Å². The molecule has 0 bridgehead atoms. The predicted octanol–water partition coefficient (Wildman–Crippen LogP) is 5.03. The van der Waals surface area contributed by atoms with Crippen molar-refractivity contribution in [2.24, 2.45) is 5.92 Å². The highest BCUT2D eigenvalue weighted by Gasteiger charge is 2.58. The van der Waals surface area contributed by atoms with Gasteiger partial charge in [-0.1, -0.05) is 48.9 Å². The maximum Gasteiger partial charge on any atom is 0.252 e. The molecule has 2 fully saturated rings. The van der Waals surface area contributed by atoms with E-state index >= 15 is 4.39 Å². The summed E-state index contributed by atoms with van der Waals surface area (Å²) >= 11 is 6.13. The summed E-state index contributed by atoms with van der Waals surface area (Å²) in [5.41, 5.74) is -0.158. The van der Waals surface area contributed by atoms with Crippen molar-refractivity contribution in [1.82, 2.24) is 15.2 Å². The first-order chi connectivity index (χ1) is 21.0. The summed E-state index contributed by atoms with van der Waals surface area (Å²) in [7, 11) is 0. The van der Waals surface area contributed by atoms with Gasteiger partial charge in [-0.15, -0.1) is 0 Å². The van der Waals surface area contributed by atoms with E-state index in [1.165, 1.54) is 34.2 Å². The number of amides is 3. The largest absolute Gasteiger partial charge is 0.351 e. The third-order valence-corrected chi connectivity index (χ3v) is 9.47. The minimum atomic E-state index is -2.89. The Morgan fingerprint density at radius 3 is 2.68 bits per heavy atom. The summed E-state index contributed by atoms with van der Waals surface area (Å²) in [6.45, 7) is 1.56. The zero-order valence-electron chi connectivity index (χ0n) is 23.8. The average Bonchev–Trinajstić information content (AvgIpc) is 3.58. The molecule has 1 saturated heterocycles. The summed E-state index contributed by atoms with van der Waals surface area (Å²) in [6, 6.07) is 9.04. The number of rotatable bonds is 6. The van der Waals surface area contributed by atoms with Gasteiger partial charge in [-0.2, -0.15) is 5.26 Å². The number of anilines is 1. The van der Waals surface area contributed by atoms with E-state index in [-0.39, 0.29) is 35.7 Å². The lowest BCUT2D eigenvalue weighted by Gasteiger charge is -2.49. The molecule has 1 N–H and O–H groups in total. The zero-order valence-corrected chi connectivity index (χ0v) is 24.5. The lowest BCUT2D eigenvalue weighted by molar-refractivity contribution is -0.156. The molecule has 2 heterocycles. The number of halogens is 4. The molecular formula is C32H29ClF3N5O3. The Labute approximate surface area is 257 Å². The van der Waals surface area contributed by atoms with Crippen molar-refractivity contribution >= 4 is 35.1 Å². The fourth-order valence-electron chi connectivity index (χ4n) is 6.94. The van der Waals surface area contributed by atoms with Gasteiger partial charge in [-0.05, 0) is 48.6 Å². The van der Waals surface area contributed by atoms with Crippen LogP contribution in [0.5, 0.6) is 0 Å². The molecule has 2 aromatic rings. The van der Waals surface area contributed by atoms with Crippen molar-refractivity contribution in [2.75, 3.05) is 4.90 Å². The van der Waals surface area contributed by atoms with Crippen LogP contribution in [-0.4, -0.2) is 51.7 Å². The molecule has 8 nitrogen and oxygen atoms in total. The van der Waals surface area contributed by atoms with Crippen LogP contribution in [0.2, 0.25) is 0 Å². The molecule has 0 spiro atoms. The van der Waals surface area contributed by atoms with E-state index in [0.717, 1.165) is 5.56 Å². The topological polar surface area (TPSA) is 106 Å². The predicted molar refractivity (Wildman–Crippen MR) is 155 cm³/mol. The molecule has 4 aliphatic rings. The number of carbonyl (C=O) groups excluding carboxylic acids is 3. The number of hydrogen-bond acceptors (Lipinski definition) is 5. The van der Waals surface area contributed by atoms with Crippen molar-refractivity contribution in [3.8, 4) is 6.07 Å². The van der Waals surface area contributed by atoms with Crippen molar-refractivity contribution in [3.63, 3.8) is 0 Å². The Morgan fingerprint density at radius 2 is 1.95 bits per heavy atom. The first kappa shape index (κ1) is 29.9. The second-order valence-electron chi connectivity index (χ2n) is 11.8. The number of allylic oxidation sites excluding steroid dienone is 2. The number of aryl methyl sites for hydroxylation is 1. The number of nitriles is 1. The van der Waals surface area contributed by atoms with Gasteiger partial charge in [-0.3, -0.25) is 19.3 Å². The maximum atomic E-state index is 15.4. The molecule has 12 heteroatoms. The van der Waals surface area contributed by atoms with Gasteiger partial charge in [0.25, 0.3) is 11.8 Å². The molecule has 6 rings (SSSR count). The number of aromatic nitrogens is 1. The molecule has 1 aromatic heterocycles. The summed E-state index contributed by atoms with van der Waals surface area (Å²) in [6.07, 6.45) is 3.84. The molecule has 1 saturated carbocycles. The quantitative estimate of drug-likeness (QED) is 0.486. The Balaban J connectivity index is 1.49. The van der Waals surface area contributed by atoms with Crippen molar-refractivity contribution in [3.05, 3.63) is 82.3 Å². The van der Waals surface area contributed by atoms with Crippen LogP contribution in [0.15, 0.2) is 65.6 Å². The first-order valence-corrected chi connectivity index (χ1v) is 14.9. The highest BCUT2D eigenvalue weighted by atomic mass is 35.5. The summed E-state index contributed by atoms with van der Waals surface area (Å²) in [4.78, 5) is 49.5. The number of nitrogens with zero attached hydrogens (tertiary/aromatic N) is 4. The second-order valence-corrected chi connectivity index (χ2v) is 12.2. The van der Waals surface area contributed by atoms with Gasteiger partial charge >= 0.3 is 0 Å². The van der Waals surface area contributed by atoms with E-state index < -0.39 is 71.9 Å². The smallest absolute Gasteiger partial charge is 0.252 e. The Hall–Kier alpha value is -4.17. The molecule has 44 heavy (non-hydrogen) atoms. The minimum Gasteiger partial charge on any atom is -0.351 e. The molecule has 1 aromatic carbocycles. The molecule has 2 unspecified atom stereocenters. The number of fused-ring (bicyclic) bond motifs is 1. The lowest BCUT2D eigenvalue weighted by atomic mass is 9.81. The van der Waals surface area contributed by atoms with E-state index in [0.29, 0.717) is 12.0 Å². The van der Waals surface area contributed by atoms with Gasteiger partial charge in [0.15, 0.2) is 0 Å². The van der Waals surface area contributed by atoms with E-state index in [4.69, 9.17) is 11.6 Å². The number of carbonyl (C=O) groups is 3. The van der Waals surface area contributed by atoms with Crippen LogP contribution in [0, 0.1) is 17.2 Å². The number of benzene rings is 1. The van der Waals surface area contributed by atoms with Gasteiger partial charge in [0.1, 0.15) is 23.2 Å². The van der Waals surface area contributed by atoms with Crippen LogP contribution in [0.25, 0.3) is 0 Å². The van der Waals surface area contributed by atoms with Crippen LogP contribution in [0.3, 0.4) is 0 Å². The van der Waals surface area contributed by atoms with Crippen molar-refractivity contribution < 1.29 is 27.6 Å². The first-order valence-electron chi connectivity index (χ1n) is 14.5. The second kappa shape index (κ2) is 11.1. The fourth-order valence-corrected chi connectivity index (χ4v) is 7.18. The highest BCUT2D eigenvalue weighted by molar-refractivity contribution is 6.31. The summed E-state index contributed by atoms with van der Waals surface area (Å²) in [5.74, 6) is -6.08. The summed E-state index contributed by atoms with van der Waals surface area (Å²) < 4.78 is 43.1. The third-order valence-electron chi connectivity index (χ3n) is 9.17. The number of hydrogen-bond donors (Lipinski definition) is 1. The SMILES string of the molecule is CC1C(F)=C(Cl)C=CC1N(C(=O)[C@@H]1CCC(=O)N1c1cc(C#N)ccn1)[C@@]1(C(=O)NC2CC(F)(F)C2)CCc2ccccc21. The molecule has 3 amide bonds. The Kier molecular flexibility index (Phi) is 7.52. The van der Waals surface area contributed by atoms with E-state index in [1.807, 2.05) is 18.2 Å². The van der Waals surface area contributed by atoms with Gasteiger partial charge in [-0.25, -0.2) is 18.2 Å². The van der Waals surface area contributed by atoms with Crippen LogP contribution < -0.4 is 10.2 Å². The molecule has 0 radical (unpaired) electrons. The third kappa shape index (κ3) is 4.85. The lowest BCUT2D eigenvalue weighted by Crippen LogP contribution is -2.66. The van der Waals surface area contributed by atoms with Crippen LogP contribution in [0.1, 0.15) is 55.7 Å². The Morgan fingerprint density at radius 1 is 1.20 bits per heavy atom. The van der Waals surface area contributed by atoms with Gasteiger partial charge in [0, 0.05) is 37.4 Å². The van der Waals surface area contributed by atoms with Gasteiger partial charge in [0.05, 0.1) is 22.7 Å². The Bertz CT molecular complexity index is 1650. The highest BCUT2D eigenvalue weighted by Crippen LogP contribution is 2.48. The number of nitrogens with one attached hydrogen (secondary N) is 1. The molecule has 1 aliphatic heterocycles. The monoisotopic (exact) mass is 623 g/mol. The number of pyridine rings is 1. The molecule has 4 atom stereocenters. The van der Waals surface area contributed by atoms with E-state index in [1.54, 1.807) is 25.1 Å². The standard InChI is InChI=1S/C32H29ClF3N5O3/c1-18-24(7-6-23(33)28(18)34)41(29(43)25-8-9-27(42)40(25)26-14-19(17-37)11-13-38-26)32(12-10-20-4-2-3-5-22(20)32)30(44)39-21-15-31(35,36)16-21/h2-7,11,13-14,18,21,24-25H,8-10,12,15-16H2,1H3,(H,39,44)/t18?,24?,25-,32-/m0/s1. The zero-order chi connectivity index (χ0) is 31.4. The number of alkyl halides is 2. The van der Waals surface area contributed by atoms with E-state index in [9.17, 15) is 28.4 Å². The van der Waals surface area contributed by atoms with Crippen molar-refractivity contribution in [2.45, 2.75) is 75.0 Å². The van der Waals surface area contributed by atoms with Gasteiger partial charge < -0.3 is 10.2 Å². The normalized spacial score (nSPS) is 27.5. The molecule has 228 valence electrons. The van der Waals surface area contributed by atoms with Crippen LogP contribution >= 0.6 is 11.6 Å². The fraction of sp³-hybridized carbons (Fsp3) is 0.406. The average molecular weight is 624 g/mol. The van der Waals surface area contributed by atoms with E-state index in [2.05, 4.69) is 10.3 Å². The van der Waals surface area contributed by atoms with Crippen molar-refractivity contribution in [1.29, 1.82) is 5.26 Å². The van der Waals surface area contributed by atoms with Gasteiger partial charge in [0.2, 0.25) is 11.8 Å². The van der Waals surface area contributed by atoms with Crippen LogP contribution in [-0.2, 0) is 26.3 Å². The summed E-state index contributed by atoms with van der Waals surface area (Å²) in [5, 5.41) is 12.1.